The second-order valence-electron chi connectivity index (χ2n) is 5.53. The van der Waals surface area contributed by atoms with E-state index in [-0.39, 0.29) is 12.3 Å². The number of carboxylic acid groups (broad SMARTS) is 1. The molecule has 1 heterocycles. The third-order valence-electron chi connectivity index (χ3n) is 4.03. The molecule has 1 aliphatic rings. The quantitative estimate of drug-likeness (QED) is 0.921. The van der Waals surface area contributed by atoms with Crippen molar-refractivity contribution < 1.29 is 14.7 Å². The molecule has 0 spiro atoms. The Balaban J connectivity index is 2.09. The Hall–Kier alpha value is -1.84. The molecule has 0 bridgehead atoms. The highest BCUT2D eigenvalue weighted by atomic mass is 16.4. The van der Waals surface area contributed by atoms with Crippen LogP contribution in [0.1, 0.15) is 36.0 Å². The number of carbonyl (C=O) groups is 2. The van der Waals surface area contributed by atoms with Crippen LogP contribution >= 0.6 is 0 Å². The molecule has 0 radical (unpaired) electrons. The average Bonchev–Trinajstić information content (AvgIpc) is 2.43. The number of piperidine rings is 1. The summed E-state index contributed by atoms with van der Waals surface area (Å²) >= 11 is 0. The summed E-state index contributed by atoms with van der Waals surface area (Å²) in [6, 6.07) is 5.30. The Bertz CT molecular complexity index is 524. The van der Waals surface area contributed by atoms with E-state index >= 15 is 0 Å². The number of aryl methyl sites for hydroxylation is 2. The van der Waals surface area contributed by atoms with E-state index in [9.17, 15) is 14.7 Å². The van der Waals surface area contributed by atoms with Crippen LogP contribution in [-0.2, 0) is 16.0 Å². The summed E-state index contributed by atoms with van der Waals surface area (Å²) in [6.07, 6.45) is 2.62. The summed E-state index contributed by atoms with van der Waals surface area (Å²) in [4.78, 5) is 25.1. The average molecular weight is 275 g/mol. The first-order valence-electron chi connectivity index (χ1n) is 7.07. The zero-order chi connectivity index (χ0) is 14.7. The fourth-order valence-electron chi connectivity index (χ4n) is 2.68. The maximum absolute atomic E-state index is 12.3. The fraction of sp³-hybridized carbons (Fsp3) is 0.500. The van der Waals surface area contributed by atoms with Crippen molar-refractivity contribution in [1.29, 1.82) is 0 Å². The van der Waals surface area contributed by atoms with Gasteiger partial charge in [0.2, 0.25) is 5.91 Å². The van der Waals surface area contributed by atoms with E-state index < -0.39 is 12.0 Å². The smallest absolute Gasteiger partial charge is 0.326 e. The molecule has 2 rings (SSSR count). The Morgan fingerprint density at radius 2 is 2.00 bits per heavy atom. The number of amides is 1. The van der Waals surface area contributed by atoms with Gasteiger partial charge in [-0.15, -0.1) is 0 Å². The van der Waals surface area contributed by atoms with Gasteiger partial charge in [-0.25, -0.2) is 4.79 Å². The van der Waals surface area contributed by atoms with E-state index in [1.165, 1.54) is 10.5 Å². The number of rotatable bonds is 3. The van der Waals surface area contributed by atoms with Crippen molar-refractivity contribution in [1.82, 2.24) is 4.90 Å². The summed E-state index contributed by atoms with van der Waals surface area (Å²) in [6.45, 7) is 4.61. The highest BCUT2D eigenvalue weighted by Gasteiger charge is 2.31. The van der Waals surface area contributed by atoms with Gasteiger partial charge in [-0.2, -0.15) is 0 Å². The molecular formula is C16H21NO3. The van der Waals surface area contributed by atoms with Crippen LogP contribution in [0.5, 0.6) is 0 Å². The molecule has 1 amide bonds. The summed E-state index contributed by atoms with van der Waals surface area (Å²) in [5.74, 6) is -0.974. The first kappa shape index (κ1) is 14.6. The molecule has 4 heteroatoms. The maximum atomic E-state index is 12.3. The lowest BCUT2D eigenvalue weighted by molar-refractivity contribution is -0.151. The zero-order valence-corrected chi connectivity index (χ0v) is 12.1. The fourth-order valence-corrected chi connectivity index (χ4v) is 2.68. The minimum Gasteiger partial charge on any atom is -0.480 e. The first-order valence-corrected chi connectivity index (χ1v) is 7.07. The van der Waals surface area contributed by atoms with Crippen molar-refractivity contribution in [3.05, 3.63) is 34.9 Å². The van der Waals surface area contributed by atoms with Crippen molar-refractivity contribution in [3.63, 3.8) is 0 Å². The number of carboxylic acids is 1. The van der Waals surface area contributed by atoms with Crippen molar-refractivity contribution >= 4 is 11.9 Å². The Labute approximate surface area is 119 Å². The molecule has 1 aromatic rings. The van der Waals surface area contributed by atoms with E-state index in [4.69, 9.17) is 0 Å². The summed E-state index contributed by atoms with van der Waals surface area (Å²) in [7, 11) is 0. The molecule has 1 aliphatic heterocycles. The number of nitrogens with zero attached hydrogens (tertiary/aromatic N) is 1. The van der Waals surface area contributed by atoms with Crippen LogP contribution in [0.3, 0.4) is 0 Å². The third kappa shape index (κ3) is 3.18. The molecule has 0 saturated carbocycles. The minimum absolute atomic E-state index is 0.0830. The number of benzene rings is 1. The number of aliphatic carboxylic acids is 1. The predicted octanol–water partition coefficient (Wildman–Crippen LogP) is 2.31. The second-order valence-corrected chi connectivity index (χ2v) is 5.53. The summed E-state index contributed by atoms with van der Waals surface area (Å²) in [5, 5.41) is 9.21. The minimum atomic E-state index is -0.891. The molecule has 1 saturated heterocycles. The highest BCUT2D eigenvalue weighted by molar-refractivity contribution is 5.85. The zero-order valence-electron chi connectivity index (χ0n) is 12.1. The normalized spacial score (nSPS) is 18.9. The van der Waals surface area contributed by atoms with Crippen molar-refractivity contribution in [2.45, 2.75) is 45.6 Å². The van der Waals surface area contributed by atoms with Crippen LogP contribution < -0.4 is 0 Å². The molecular weight excluding hydrogens is 254 g/mol. The van der Waals surface area contributed by atoms with Gasteiger partial charge in [-0.1, -0.05) is 18.2 Å². The van der Waals surface area contributed by atoms with E-state index in [0.29, 0.717) is 13.0 Å². The van der Waals surface area contributed by atoms with Gasteiger partial charge in [0.25, 0.3) is 0 Å². The van der Waals surface area contributed by atoms with Crippen LogP contribution in [0, 0.1) is 13.8 Å². The number of hydrogen-bond donors (Lipinski definition) is 1. The second kappa shape index (κ2) is 6.07. The molecule has 0 unspecified atom stereocenters. The van der Waals surface area contributed by atoms with Crippen molar-refractivity contribution in [2.24, 2.45) is 0 Å². The molecule has 20 heavy (non-hydrogen) atoms. The standard InChI is InChI=1S/C16H21NO3/c1-11-6-7-13(9-12(11)2)10-15(18)17-8-4-3-5-14(17)16(19)20/h6-7,9,14H,3-5,8,10H2,1-2H3,(H,19,20)/t14-/m1/s1. The van der Waals surface area contributed by atoms with Crippen LogP contribution in [0.4, 0.5) is 0 Å². The van der Waals surface area contributed by atoms with E-state index in [0.717, 1.165) is 24.0 Å². The van der Waals surface area contributed by atoms with Gasteiger partial charge < -0.3 is 10.0 Å². The monoisotopic (exact) mass is 275 g/mol. The van der Waals surface area contributed by atoms with Crippen LogP contribution in [0.15, 0.2) is 18.2 Å². The van der Waals surface area contributed by atoms with Gasteiger partial charge in [0.1, 0.15) is 6.04 Å². The van der Waals surface area contributed by atoms with Gasteiger partial charge in [0, 0.05) is 6.54 Å². The topological polar surface area (TPSA) is 57.6 Å². The Kier molecular flexibility index (Phi) is 4.42. The van der Waals surface area contributed by atoms with E-state index in [2.05, 4.69) is 0 Å². The lowest BCUT2D eigenvalue weighted by Crippen LogP contribution is -2.48. The van der Waals surface area contributed by atoms with Gasteiger partial charge in [-0.3, -0.25) is 4.79 Å². The van der Waals surface area contributed by atoms with Crippen LogP contribution in [-0.4, -0.2) is 34.5 Å². The molecule has 0 aliphatic carbocycles. The Morgan fingerprint density at radius 1 is 1.25 bits per heavy atom. The van der Waals surface area contributed by atoms with Crippen molar-refractivity contribution in [2.75, 3.05) is 6.54 Å². The molecule has 0 aromatic heterocycles. The largest absolute Gasteiger partial charge is 0.480 e. The van der Waals surface area contributed by atoms with E-state index in [1.54, 1.807) is 0 Å². The van der Waals surface area contributed by atoms with Crippen LogP contribution in [0.25, 0.3) is 0 Å². The number of carbonyl (C=O) groups excluding carboxylic acids is 1. The molecule has 4 nitrogen and oxygen atoms in total. The van der Waals surface area contributed by atoms with E-state index in [1.807, 2.05) is 32.0 Å². The maximum Gasteiger partial charge on any atom is 0.326 e. The van der Waals surface area contributed by atoms with Gasteiger partial charge in [0.05, 0.1) is 6.42 Å². The molecule has 108 valence electrons. The molecule has 1 atom stereocenters. The van der Waals surface area contributed by atoms with Gasteiger partial charge >= 0.3 is 5.97 Å². The SMILES string of the molecule is Cc1ccc(CC(=O)N2CCCC[C@@H]2C(=O)O)cc1C. The van der Waals surface area contributed by atoms with Gasteiger partial charge in [-0.05, 0) is 49.8 Å². The number of hydrogen-bond acceptors (Lipinski definition) is 2. The lowest BCUT2D eigenvalue weighted by Gasteiger charge is -2.33. The highest BCUT2D eigenvalue weighted by Crippen LogP contribution is 2.19. The van der Waals surface area contributed by atoms with Gasteiger partial charge in [0.15, 0.2) is 0 Å². The third-order valence-corrected chi connectivity index (χ3v) is 4.03. The lowest BCUT2D eigenvalue weighted by atomic mass is 9.99. The number of likely N-dealkylation sites (tertiary alicyclic amines) is 1. The summed E-state index contributed by atoms with van der Waals surface area (Å²) in [5.41, 5.74) is 3.30. The summed E-state index contributed by atoms with van der Waals surface area (Å²) < 4.78 is 0. The van der Waals surface area contributed by atoms with Crippen LogP contribution in [0.2, 0.25) is 0 Å². The predicted molar refractivity (Wildman–Crippen MR) is 76.6 cm³/mol. The molecule has 1 fully saturated rings. The Morgan fingerprint density at radius 3 is 2.65 bits per heavy atom. The molecule has 1 aromatic carbocycles. The van der Waals surface area contributed by atoms with Crippen molar-refractivity contribution in [3.8, 4) is 0 Å². The first-order chi connectivity index (χ1) is 9.49. The molecule has 1 N–H and O–H groups in total.